The average Bonchev–Trinajstić information content (AvgIpc) is 3.21. The van der Waals surface area contributed by atoms with Crippen LogP contribution in [-0.2, 0) is 16.0 Å². The van der Waals surface area contributed by atoms with Gasteiger partial charge < -0.3 is 15.4 Å². The fourth-order valence-electron chi connectivity index (χ4n) is 3.04. The summed E-state index contributed by atoms with van der Waals surface area (Å²) in [5.74, 6) is -0.835. The molecule has 2 N–H and O–H groups in total. The van der Waals surface area contributed by atoms with E-state index in [1.54, 1.807) is 6.07 Å². The second kappa shape index (κ2) is 11.7. The number of aryl methyl sites for hydroxylation is 1. The number of hydrogen-bond donors (Lipinski definition) is 2. The molecule has 8 nitrogen and oxygen atoms in total. The largest absolute Gasteiger partial charge is 0.379 e. The van der Waals surface area contributed by atoms with E-state index in [4.69, 9.17) is 4.74 Å². The Labute approximate surface area is 178 Å². The van der Waals surface area contributed by atoms with Crippen molar-refractivity contribution in [2.24, 2.45) is 0 Å². The monoisotopic (exact) mass is 435 g/mol. The van der Waals surface area contributed by atoms with Gasteiger partial charge in [-0.25, -0.2) is 4.39 Å². The van der Waals surface area contributed by atoms with E-state index in [0.29, 0.717) is 36.5 Å². The molecule has 0 atom stereocenters. The van der Waals surface area contributed by atoms with Crippen molar-refractivity contribution >= 4 is 28.8 Å². The molecular weight excluding hydrogens is 409 g/mol. The van der Waals surface area contributed by atoms with Crippen LogP contribution in [0.25, 0.3) is 0 Å². The summed E-state index contributed by atoms with van der Waals surface area (Å²) in [4.78, 5) is 26.5. The number of aromatic nitrogens is 2. The predicted molar refractivity (Wildman–Crippen MR) is 112 cm³/mol. The van der Waals surface area contributed by atoms with Crippen molar-refractivity contribution in [1.29, 1.82) is 0 Å². The molecule has 1 aromatic carbocycles. The van der Waals surface area contributed by atoms with Gasteiger partial charge in [-0.15, -0.1) is 10.2 Å². The molecule has 1 aromatic heterocycles. The molecule has 0 saturated carbocycles. The molecule has 1 aliphatic rings. The van der Waals surface area contributed by atoms with Gasteiger partial charge in [0.1, 0.15) is 10.8 Å². The first-order chi connectivity index (χ1) is 14.6. The number of carbonyl (C=O) groups excluding carboxylic acids is 2. The number of anilines is 1. The summed E-state index contributed by atoms with van der Waals surface area (Å²) in [7, 11) is 0. The molecule has 0 radical (unpaired) electrons. The van der Waals surface area contributed by atoms with E-state index in [0.717, 1.165) is 39.3 Å². The van der Waals surface area contributed by atoms with E-state index in [-0.39, 0.29) is 10.9 Å². The van der Waals surface area contributed by atoms with Crippen LogP contribution in [0.5, 0.6) is 0 Å². The minimum absolute atomic E-state index is 0.0190. The van der Waals surface area contributed by atoms with E-state index < -0.39 is 11.7 Å². The lowest BCUT2D eigenvalue weighted by molar-refractivity contribution is -0.121. The van der Waals surface area contributed by atoms with Gasteiger partial charge in [-0.05, 0) is 37.6 Å². The number of morpholine rings is 1. The zero-order valence-corrected chi connectivity index (χ0v) is 17.5. The Hall–Kier alpha value is -2.43. The van der Waals surface area contributed by atoms with Crippen molar-refractivity contribution in [2.75, 3.05) is 44.7 Å². The molecule has 1 fully saturated rings. The highest BCUT2D eigenvalue weighted by Gasteiger charge is 2.14. The molecule has 1 saturated heterocycles. The highest BCUT2D eigenvalue weighted by atomic mass is 32.1. The summed E-state index contributed by atoms with van der Waals surface area (Å²) >= 11 is 1.18. The number of ether oxygens (including phenoxy) is 1. The molecule has 0 bridgehead atoms. The van der Waals surface area contributed by atoms with Crippen LogP contribution in [-0.4, -0.2) is 66.3 Å². The Kier molecular flexibility index (Phi) is 8.66. The van der Waals surface area contributed by atoms with Crippen LogP contribution in [0.15, 0.2) is 24.3 Å². The summed E-state index contributed by atoms with van der Waals surface area (Å²) < 4.78 is 18.5. The van der Waals surface area contributed by atoms with Gasteiger partial charge in [0, 0.05) is 38.2 Å². The summed E-state index contributed by atoms with van der Waals surface area (Å²) in [6.07, 6.45) is 2.54. The smallest absolute Gasteiger partial charge is 0.286 e. The molecular formula is C20H26FN5O3S. The molecule has 1 aliphatic heterocycles. The van der Waals surface area contributed by atoms with Gasteiger partial charge in [-0.3, -0.25) is 14.5 Å². The van der Waals surface area contributed by atoms with Gasteiger partial charge in [0.2, 0.25) is 10.9 Å². The van der Waals surface area contributed by atoms with Crippen LogP contribution in [0.4, 0.5) is 10.1 Å². The third-order valence-electron chi connectivity index (χ3n) is 4.62. The van der Waals surface area contributed by atoms with Crippen LogP contribution in [0.1, 0.15) is 34.1 Å². The lowest BCUT2D eigenvalue weighted by atomic mass is 10.2. The fourth-order valence-corrected chi connectivity index (χ4v) is 3.82. The van der Waals surface area contributed by atoms with E-state index in [2.05, 4.69) is 25.7 Å². The van der Waals surface area contributed by atoms with Gasteiger partial charge >= 0.3 is 0 Å². The maximum atomic E-state index is 13.2. The number of hydrogen-bond acceptors (Lipinski definition) is 7. The van der Waals surface area contributed by atoms with Crippen molar-refractivity contribution in [3.8, 4) is 0 Å². The normalized spacial score (nSPS) is 14.4. The van der Waals surface area contributed by atoms with E-state index in [1.807, 2.05) is 0 Å². The van der Waals surface area contributed by atoms with Crippen molar-refractivity contribution in [2.45, 2.75) is 25.7 Å². The number of carbonyl (C=O) groups is 2. The van der Waals surface area contributed by atoms with Crippen LogP contribution in [0.2, 0.25) is 0 Å². The average molecular weight is 436 g/mol. The van der Waals surface area contributed by atoms with E-state index in [9.17, 15) is 14.0 Å². The standard InChI is InChI=1S/C20H26FN5O3S/c21-15-4-1-5-16(14-15)23-19(28)20-25-24-18(30-20)7-2-6-17(27)22-8-3-9-26-10-12-29-13-11-26/h1,4-5,14H,2-3,6-13H2,(H,22,27)(H,23,28). The van der Waals surface area contributed by atoms with Gasteiger partial charge in [-0.2, -0.15) is 0 Å². The molecule has 0 spiro atoms. The number of rotatable bonds is 10. The number of nitrogens with one attached hydrogen (secondary N) is 2. The van der Waals surface area contributed by atoms with Gasteiger partial charge in [0.15, 0.2) is 0 Å². The fraction of sp³-hybridized carbons (Fsp3) is 0.500. The molecule has 2 amide bonds. The van der Waals surface area contributed by atoms with Crippen molar-refractivity contribution < 1.29 is 18.7 Å². The first-order valence-electron chi connectivity index (χ1n) is 10.1. The van der Waals surface area contributed by atoms with Crippen molar-refractivity contribution in [3.63, 3.8) is 0 Å². The molecule has 10 heteroatoms. The number of amides is 2. The van der Waals surface area contributed by atoms with Crippen LogP contribution in [0, 0.1) is 5.82 Å². The highest BCUT2D eigenvalue weighted by Crippen LogP contribution is 2.16. The molecule has 0 unspecified atom stereocenters. The third-order valence-corrected chi connectivity index (χ3v) is 5.60. The van der Waals surface area contributed by atoms with E-state index >= 15 is 0 Å². The maximum Gasteiger partial charge on any atom is 0.286 e. The minimum Gasteiger partial charge on any atom is -0.379 e. The summed E-state index contributed by atoms with van der Waals surface area (Å²) in [6.45, 7) is 5.11. The number of nitrogens with zero attached hydrogens (tertiary/aromatic N) is 3. The molecule has 3 rings (SSSR count). The Morgan fingerprint density at radius 1 is 1.20 bits per heavy atom. The Morgan fingerprint density at radius 3 is 2.83 bits per heavy atom. The minimum atomic E-state index is -0.428. The molecule has 2 aromatic rings. The quantitative estimate of drug-likeness (QED) is 0.555. The predicted octanol–water partition coefficient (Wildman–Crippen LogP) is 2.09. The third kappa shape index (κ3) is 7.43. The first kappa shape index (κ1) is 22.3. The van der Waals surface area contributed by atoms with Crippen LogP contribution < -0.4 is 10.6 Å². The molecule has 162 valence electrons. The Morgan fingerprint density at radius 2 is 2.03 bits per heavy atom. The SMILES string of the molecule is O=C(CCCc1nnc(C(=O)Nc2cccc(F)c2)s1)NCCCN1CCOCC1. The lowest BCUT2D eigenvalue weighted by Gasteiger charge is -2.26. The molecule has 2 heterocycles. The zero-order valence-electron chi connectivity index (χ0n) is 16.7. The van der Waals surface area contributed by atoms with Crippen LogP contribution >= 0.6 is 11.3 Å². The number of halogens is 1. The topological polar surface area (TPSA) is 96.5 Å². The second-order valence-electron chi connectivity index (χ2n) is 6.98. The summed E-state index contributed by atoms with van der Waals surface area (Å²) in [6, 6.07) is 5.66. The second-order valence-corrected chi connectivity index (χ2v) is 8.04. The number of benzene rings is 1. The van der Waals surface area contributed by atoms with Gasteiger partial charge in [0.25, 0.3) is 5.91 Å². The van der Waals surface area contributed by atoms with Gasteiger partial charge in [0.05, 0.1) is 13.2 Å². The highest BCUT2D eigenvalue weighted by molar-refractivity contribution is 7.13. The molecule has 0 aliphatic carbocycles. The van der Waals surface area contributed by atoms with Crippen molar-refractivity contribution in [3.05, 3.63) is 40.1 Å². The Bertz CT molecular complexity index is 841. The summed E-state index contributed by atoms with van der Waals surface area (Å²) in [5, 5.41) is 14.3. The Balaban J connectivity index is 1.31. The summed E-state index contributed by atoms with van der Waals surface area (Å²) in [5.41, 5.74) is 0.363. The first-order valence-corrected chi connectivity index (χ1v) is 10.9. The lowest BCUT2D eigenvalue weighted by Crippen LogP contribution is -2.38. The zero-order chi connectivity index (χ0) is 21.2. The van der Waals surface area contributed by atoms with Crippen LogP contribution in [0.3, 0.4) is 0 Å². The molecule has 30 heavy (non-hydrogen) atoms. The van der Waals surface area contributed by atoms with Crippen molar-refractivity contribution in [1.82, 2.24) is 20.4 Å². The van der Waals surface area contributed by atoms with Gasteiger partial charge in [-0.1, -0.05) is 17.4 Å². The maximum absolute atomic E-state index is 13.2. The van der Waals surface area contributed by atoms with E-state index in [1.165, 1.54) is 29.5 Å².